The van der Waals surface area contributed by atoms with Crippen LogP contribution in [0.4, 0.5) is 11.4 Å². The van der Waals surface area contributed by atoms with Crippen molar-refractivity contribution in [3.05, 3.63) is 54.1 Å². The molecule has 0 aromatic heterocycles. The lowest BCUT2D eigenvalue weighted by molar-refractivity contribution is -0.113. The Hall–Kier alpha value is -1.94. The van der Waals surface area contributed by atoms with E-state index in [-0.39, 0.29) is 5.91 Å². The molecule has 0 bridgehead atoms. The zero-order valence-electron chi connectivity index (χ0n) is 14.3. The van der Waals surface area contributed by atoms with Gasteiger partial charge in [-0.05, 0) is 55.2 Å². The number of carbonyl (C=O) groups is 1. The Kier molecular flexibility index (Phi) is 5.46. The number of anilines is 2. The number of hydrogen-bond acceptors (Lipinski definition) is 3. The van der Waals surface area contributed by atoms with Gasteiger partial charge in [-0.15, -0.1) is 11.8 Å². The van der Waals surface area contributed by atoms with E-state index in [4.69, 9.17) is 0 Å². The van der Waals surface area contributed by atoms with Crippen LogP contribution in [0.25, 0.3) is 0 Å². The first kappa shape index (κ1) is 16.9. The van der Waals surface area contributed by atoms with Gasteiger partial charge in [0.1, 0.15) is 0 Å². The van der Waals surface area contributed by atoms with Crippen molar-refractivity contribution in [3.63, 3.8) is 0 Å². The monoisotopic (exact) mass is 340 g/mol. The molecule has 4 heteroatoms. The van der Waals surface area contributed by atoms with E-state index in [9.17, 15) is 4.79 Å². The summed E-state index contributed by atoms with van der Waals surface area (Å²) in [5, 5.41) is 2.98. The van der Waals surface area contributed by atoms with Crippen molar-refractivity contribution < 1.29 is 4.79 Å². The normalized spacial score (nSPS) is 17.1. The molecular weight excluding hydrogens is 316 g/mol. The Morgan fingerprint density at radius 3 is 2.62 bits per heavy atom. The summed E-state index contributed by atoms with van der Waals surface area (Å²) in [4.78, 5) is 15.7. The molecule has 1 amide bonds. The van der Waals surface area contributed by atoms with Crippen LogP contribution in [0.15, 0.2) is 53.4 Å². The maximum absolute atomic E-state index is 12.1. The molecule has 3 rings (SSSR count). The highest BCUT2D eigenvalue weighted by Gasteiger charge is 2.18. The van der Waals surface area contributed by atoms with Crippen LogP contribution in [0.3, 0.4) is 0 Å². The number of thioether (sulfide) groups is 1. The van der Waals surface area contributed by atoms with Crippen LogP contribution in [-0.2, 0) is 4.79 Å². The van der Waals surface area contributed by atoms with E-state index in [0.29, 0.717) is 5.75 Å². The van der Waals surface area contributed by atoms with Gasteiger partial charge >= 0.3 is 0 Å². The lowest BCUT2D eigenvalue weighted by Gasteiger charge is -2.18. The van der Waals surface area contributed by atoms with Gasteiger partial charge in [0.2, 0.25) is 5.91 Å². The van der Waals surface area contributed by atoms with Crippen LogP contribution >= 0.6 is 11.8 Å². The first-order valence-electron chi connectivity index (χ1n) is 8.45. The molecule has 1 saturated heterocycles. The number of benzene rings is 2. The van der Waals surface area contributed by atoms with Gasteiger partial charge in [-0.2, -0.15) is 0 Å². The average Bonchev–Trinajstić information content (AvgIpc) is 3.01. The lowest BCUT2D eigenvalue weighted by Crippen LogP contribution is -2.19. The van der Waals surface area contributed by atoms with Gasteiger partial charge in [-0.25, -0.2) is 0 Å². The highest BCUT2D eigenvalue weighted by Crippen LogP contribution is 2.25. The second-order valence-corrected chi connectivity index (χ2v) is 7.51. The van der Waals surface area contributed by atoms with Crippen molar-refractivity contribution in [2.75, 3.05) is 29.1 Å². The predicted molar refractivity (Wildman–Crippen MR) is 103 cm³/mol. The minimum absolute atomic E-state index is 0.0331. The molecule has 126 valence electrons. The van der Waals surface area contributed by atoms with Gasteiger partial charge in [0.15, 0.2) is 0 Å². The third-order valence-electron chi connectivity index (χ3n) is 4.39. The largest absolute Gasteiger partial charge is 0.371 e. The molecule has 1 unspecified atom stereocenters. The maximum atomic E-state index is 12.1. The Bertz CT molecular complexity index is 699. The molecule has 3 nitrogen and oxygen atoms in total. The van der Waals surface area contributed by atoms with Crippen molar-refractivity contribution in [2.45, 2.75) is 25.2 Å². The number of aryl methyl sites for hydroxylation is 1. The average molecular weight is 340 g/mol. The van der Waals surface area contributed by atoms with Crippen LogP contribution in [0.2, 0.25) is 0 Å². The number of amides is 1. The topological polar surface area (TPSA) is 32.3 Å². The highest BCUT2D eigenvalue weighted by molar-refractivity contribution is 8.00. The van der Waals surface area contributed by atoms with E-state index in [1.807, 2.05) is 24.3 Å². The van der Waals surface area contributed by atoms with E-state index in [1.54, 1.807) is 11.8 Å². The molecule has 0 aliphatic carbocycles. The Morgan fingerprint density at radius 2 is 1.96 bits per heavy atom. The van der Waals surface area contributed by atoms with Gasteiger partial charge in [-0.1, -0.05) is 25.1 Å². The molecule has 0 radical (unpaired) electrons. The fourth-order valence-corrected chi connectivity index (χ4v) is 3.81. The first-order valence-corrected chi connectivity index (χ1v) is 9.43. The van der Waals surface area contributed by atoms with Crippen LogP contribution in [0, 0.1) is 12.8 Å². The molecule has 2 aromatic rings. The smallest absolute Gasteiger partial charge is 0.234 e. The predicted octanol–water partition coefficient (Wildman–Crippen LogP) is 4.57. The second-order valence-electron chi connectivity index (χ2n) is 6.49. The molecule has 0 spiro atoms. The molecule has 1 aliphatic heterocycles. The molecule has 0 saturated carbocycles. The van der Waals surface area contributed by atoms with Crippen molar-refractivity contribution >= 4 is 29.0 Å². The third-order valence-corrected chi connectivity index (χ3v) is 5.57. The zero-order chi connectivity index (χ0) is 16.9. The van der Waals surface area contributed by atoms with E-state index in [1.165, 1.54) is 17.7 Å². The summed E-state index contributed by atoms with van der Waals surface area (Å²) in [7, 11) is 0. The number of nitrogens with one attached hydrogen (secondary N) is 1. The van der Waals surface area contributed by atoms with Crippen molar-refractivity contribution in [3.8, 4) is 0 Å². The third kappa shape index (κ3) is 4.32. The molecule has 2 aromatic carbocycles. The standard InChI is InChI=1S/C20H24N2OS/c1-15-11-12-22(13-15)18-9-7-17(8-10-18)21-20(23)14-24-19-6-4-3-5-16(19)2/h3-10,15H,11-14H2,1-2H3,(H,21,23). The maximum Gasteiger partial charge on any atom is 0.234 e. The summed E-state index contributed by atoms with van der Waals surface area (Å²) >= 11 is 1.58. The molecule has 1 atom stereocenters. The van der Waals surface area contributed by atoms with Gasteiger partial charge in [0.25, 0.3) is 0 Å². The van der Waals surface area contributed by atoms with E-state index in [2.05, 4.69) is 48.3 Å². The number of nitrogens with zero attached hydrogens (tertiary/aromatic N) is 1. The van der Waals surface area contributed by atoms with E-state index >= 15 is 0 Å². The molecule has 1 N–H and O–H groups in total. The molecule has 1 aliphatic rings. The lowest BCUT2D eigenvalue weighted by atomic mass is 10.2. The van der Waals surface area contributed by atoms with Crippen molar-refractivity contribution in [1.82, 2.24) is 0 Å². The van der Waals surface area contributed by atoms with E-state index < -0.39 is 0 Å². The quantitative estimate of drug-likeness (QED) is 0.809. The minimum atomic E-state index is 0.0331. The second kappa shape index (κ2) is 7.75. The first-order chi connectivity index (χ1) is 11.6. The Labute approximate surface area is 148 Å². The summed E-state index contributed by atoms with van der Waals surface area (Å²) in [5.41, 5.74) is 3.31. The SMILES string of the molecule is Cc1ccccc1SCC(=O)Nc1ccc(N2CCC(C)C2)cc1. The fraction of sp³-hybridized carbons (Fsp3) is 0.350. The van der Waals surface area contributed by atoms with Gasteiger partial charge in [0, 0.05) is 29.4 Å². The van der Waals surface area contributed by atoms with Crippen LogP contribution in [0.5, 0.6) is 0 Å². The van der Waals surface area contributed by atoms with Crippen LogP contribution in [0.1, 0.15) is 18.9 Å². The van der Waals surface area contributed by atoms with E-state index in [0.717, 1.165) is 29.6 Å². The van der Waals surface area contributed by atoms with Crippen LogP contribution < -0.4 is 10.2 Å². The number of rotatable bonds is 5. The molecular formula is C20H24N2OS. The summed E-state index contributed by atoms with van der Waals surface area (Å²) < 4.78 is 0. The fourth-order valence-electron chi connectivity index (χ4n) is 2.98. The van der Waals surface area contributed by atoms with Gasteiger partial charge in [-0.3, -0.25) is 4.79 Å². The summed E-state index contributed by atoms with van der Waals surface area (Å²) in [6.07, 6.45) is 1.26. The molecule has 1 fully saturated rings. The number of carbonyl (C=O) groups excluding carboxylic acids is 1. The van der Waals surface area contributed by atoms with Gasteiger partial charge in [0.05, 0.1) is 5.75 Å². The highest BCUT2D eigenvalue weighted by atomic mass is 32.2. The molecule has 24 heavy (non-hydrogen) atoms. The summed E-state index contributed by atoms with van der Waals surface area (Å²) in [5.74, 6) is 1.23. The van der Waals surface area contributed by atoms with Crippen molar-refractivity contribution in [2.24, 2.45) is 5.92 Å². The Balaban J connectivity index is 1.52. The van der Waals surface area contributed by atoms with Crippen molar-refractivity contribution in [1.29, 1.82) is 0 Å². The summed E-state index contributed by atoms with van der Waals surface area (Å²) in [6.45, 7) is 6.61. The molecule has 1 heterocycles. The summed E-state index contributed by atoms with van der Waals surface area (Å²) in [6, 6.07) is 16.3. The van der Waals surface area contributed by atoms with Gasteiger partial charge < -0.3 is 10.2 Å². The zero-order valence-corrected chi connectivity index (χ0v) is 15.1. The number of hydrogen-bond donors (Lipinski definition) is 1. The van der Waals surface area contributed by atoms with Crippen LogP contribution in [-0.4, -0.2) is 24.7 Å². The minimum Gasteiger partial charge on any atom is -0.371 e. The Morgan fingerprint density at radius 1 is 1.21 bits per heavy atom.